The van der Waals surface area contributed by atoms with E-state index in [1.807, 2.05) is 18.2 Å². The van der Waals surface area contributed by atoms with Gasteiger partial charge < -0.3 is 14.7 Å². The number of methoxy groups -OCH3 is 1. The van der Waals surface area contributed by atoms with E-state index in [1.165, 1.54) is 0 Å². The Kier molecular flexibility index (Phi) is 6.73. The van der Waals surface area contributed by atoms with Gasteiger partial charge in [0.25, 0.3) is 0 Å². The molecule has 0 bridgehead atoms. The van der Waals surface area contributed by atoms with Crippen molar-refractivity contribution in [2.24, 2.45) is 0 Å². The predicted molar refractivity (Wildman–Crippen MR) is 74.4 cm³/mol. The summed E-state index contributed by atoms with van der Waals surface area (Å²) >= 11 is 3.50. The van der Waals surface area contributed by atoms with Crippen molar-refractivity contribution in [1.82, 2.24) is 0 Å². The number of nitrogens with zero attached hydrogens (tertiary/aromatic N) is 2. The molecular formula is C13H17BrN2O2. The molecule has 18 heavy (non-hydrogen) atoms. The first-order chi connectivity index (χ1) is 8.72. The zero-order valence-electron chi connectivity index (χ0n) is 10.4. The van der Waals surface area contributed by atoms with E-state index in [1.54, 1.807) is 7.11 Å². The fourth-order valence-corrected chi connectivity index (χ4v) is 2.32. The molecule has 0 saturated heterocycles. The molecule has 0 saturated carbocycles. The zero-order chi connectivity index (χ0) is 13.4. The molecule has 1 aromatic carbocycles. The lowest BCUT2D eigenvalue weighted by Gasteiger charge is -2.25. The Morgan fingerprint density at radius 1 is 1.44 bits per heavy atom. The molecule has 0 aromatic heterocycles. The summed E-state index contributed by atoms with van der Waals surface area (Å²) in [7, 11) is 1.66. The first kappa shape index (κ1) is 15.0. The third kappa shape index (κ3) is 4.30. The van der Waals surface area contributed by atoms with Gasteiger partial charge in [-0.05, 0) is 33.6 Å². The van der Waals surface area contributed by atoms with Gasteiger partial charge in [0.15, 0.2) is 0 Å². The van der Waals surface area contributed by atoms with Gasteiger partial charge in [-0.1, -0.05) is 6.07 Å². The summed E-state index contributed by atoms with van der Waals surface area (Å²) in [4.78, 5) is 2.10. The van der Waals surface area contributed by atoms with Gasteiger partial charge in [-0.25, -0.2) is 0 Å². The van der Waals surface area contributed by atoms with Crippen molar-refractivity contribution in [2.75, 3.05) is 31.7 Å². The summed E-state index contributed by atoms with van der Waals surface area (Å²) in [6, 6.07) is 7.87. The third-order valence-corrected chi connectivity index (χ3v) is 3.23. The second kappa shape index (κ2) is 8.09. The van der Waals surface area contributed by atoms with Crippen LogP contribution in [0.25, 0.3) is 0 Å². The lowest BCUT2D eigenvalue weighted by atomic mass is 10.2. The fourth-order valence-electron chi connectivity index (χ4n) is 1.64. The van der Waals surface area contributed by atoms with E-state index in [4.69, 9.17) is 15.1 Å². The van der Waals surface area contributed by atoms with Gasteiger partial charge in [-0.15, -0.1) is 0 Å². The normalized spacial score (nSPS) is 10.1. The Morgan fingerprint density at radius 2 is 2.22 bits per heavy atom. The molecule has 1 N–H and O–H groups in total. The van der Waals surface area contributed by atoms with Crippen LogP contribution in [0.5, 0.6) is 0 Å². The molecule has 98 valence electrons. The molecule has 0 aliphatic rings. The minimum absolute atomic E-state index is 0.0230. The molecule has 0 radical (unpaired) electrons. The molecule has 0 amide bonds. The standard InChI is InChI=1S/C13H17BrN2O2/c1-18-8-7-16(6-2-5-15)13-4-3-11(10-17)9-12(13)14/h3-4,9,17H,2,6-8,10H2,1H3. The van der Waals surface area contributed by atoms with Gasteiger partial charge in [0.1, 0.15) is 0 Å². The van der Waals surface area contributed by atoms with E-state index in [0.29, 0.717) is 19.6 Å². The number of halogens is 1. The molecule has 0 aliphatic heterocycles. The van der Waals surface area contributed by atoms with E-state index in [9.17, 15) is 0 Å². The maximum atomic E-state index is 9.08. The molecule has 0 aliphatic carbocycles. The van der Waals surface area contributed by atoms with E-state index in [0.717, 1.165) is 22.3 Å². The van der Waals surface area contributed by atoms with Gasteiger partial charge in [-0.3, -0.25) is 0 Å². The molecule has 0 atom stereocenters. The molecule has 0 heterocycles. The largest absolute Gasteiger partial charge is 0.392 e. The maximum Gasteiger partial charge on any atom is 0.0682 e. The monoisotopic (exact) mass is 312 g/mol. The quantitative estimate of drug-likeness (QED) is 0.839. The van der Waals surface area contributed by atoms with Crippen molar-refractivity contribution in [3.05, 3.63) is 28.2 Å². The summed E-state index contributed by atoms with van der Waals surface area (Å²) < 4.78 is 6.00. The fraction of sp³-hybridized carbons (Fsp3) is 0.462. The highest BCUT2D eigenvalue weighted by Gasteiger charge is 2.10. The number of hydrogen-bond acceptors (Lipinski definition) is 4. The molecule has 1 rings (SSSR count). The lowest BCUT2D eigenvalue weighted by molar-refractivity contribution is 0.205. The summed E-state index contributed by atoms with van der Waals surface area (Å²) in [5, 5.41) is 17.8. The van der Waals surface area contributed by atoms with Gasteiger partial charge in [0, 0.05) is 24.7 Å². The molecule has 0 fully saturated rings. The lowest BCUT2D eigenvalue weighted by Crippen LogP contribution is -2.28. The average molecular weight is 313 g/mol. The van der Waals surface area contributed by atoms with Crippen molar-refractivity contribution >= 4 is 21.6 Å². The van der Waals surface area contributed by atoms with Crippen LogP contribution in [0.2, 0.25) is 0 Å². The SMILES string of the molecule is COCCN(CCC#N)c1ccc(CO)cc1Br. The Balaban J connectivity index is 2.86. The molecule has 0 unspecified atom stereocenters. The number of aliphatic hydroxyl groups is 1. The van der Waals surface area contributed by atoms with Crippen LogP contribution >= 0.6 is 15.9 Å². The number of hydrogen-bond donors (Lipinski definition) is 1. The number of rotatable bonds is 7. The summed E-state index contributed by atoms with van der Waals surface area (Å²) in [5.41, 5.74) is 1.87. The van der Waals surface area contributed by atoms with Gasteiger partial charge in [0.05, 0.1) is 31.4 Å². The number of ether oxygens (including phenoxy) is 1. The van der Waals surface area contributed by atoms with Crippen LogP contribution in [0.15, 0.2) is 22.7 Å². The number of anilines is 1. The topological polar surface area (TPSA) is 56.5 Å². The van der Waals surface area contributed by atoms with Crippen molar-refractivity contribution < 1.29 is 9.84 Å². The van der Waals surface area contributed by atoms with E-state index >= 15 is 0 Å². The summed E-state index contributed by atoms with van der Waals surface area (Å²) in [5.74, 6) is 0. The first-order valence-corrected chi connectivity index (χ1v) is 6.52. The summed E-state index contributed by atoms with van der Waals surface area (Å²) in [6.07, 6.45) is 0.470. The zero-order valence-corrected chi connectivity index (χ0v) is 12.0. The van der Waals surface area contributed by atoms with Gasteiger partial charge in [-0.2, -0.15) is 5.26 Å². The van der Waals surface area contributed by atoms with Crippen LogP contribution in [-0.4, -0.2) is 31.9 Å². The second-order valence-corrected chi connectivity index (χ2v) is 4.69. The first-order valence-electron chi connectivity index (χ1n) is 5.73. The highest BCUT2D eigenvalue weighted by Crippen LogP contribution is 2.27. The number of nitriles is 1. The third-order valence-electron chi connectivity index (χ3n) is 2.59. The Bertz CT molecular complexity index is 418. The van der Waals surface area contributed by atoms with Gasteiger partial charge >= 0.3 is 0 Å². The highest BCUT2D eigenvalue weighted by atomic mass is 79.9. The Morgan fingerprint density at radius 3 is 2.78 bits per heavy atom. The molecule has 1 aromatic rings. The Hall–Kier alpha value is -1.09. The molecule has 0 spiro atoms. The van der Waals surface area contributed by atoms with Crippen LogP contribution in [0.3, 0.4) is 0 Å². The number of aliphatic hydroxyl groups excluding tert-OH is 1. The minimum atomic E-state index is 0.0230. The van der Waals surface area contributed by atoms with Crippen LogP contribution < -0.4 is 4.90 Å². The smallest absolute Gasteiger partial charge is 0.0682 e. The minimum Gasteiger partial charge on any atom is -0.392 e. The number of benzene rings is 1. The van der Waals surface area contributed by atoms with E-state index < -0.39 is 0 Å². The van der Waals surface area contributed by atoms with Crippen molar-refractivity contribution in [2.45, 2.75) is 13.0 Å². The molecule has 5 heteroatoms. The van der Waals surface area contributed by atoms with Crippen LogP contribution in [0.1, 0.15) is 12.0 Å². The Labute approximate surface area is 116 Å². The summed E-state index contributed by atoms with van der Waals surface area (Å²) in [6.45, 7) is 2.03. The van der Waals surface area contributed by atoms with E-state index in [2.05, 4.69) is 26.9 Å². The highest BCUT2D eigenvalue weighted by molar-refractivity contribution is 9.10. The predicted octanol–water partition coefficient (Wildman–Crippen LogP) is 2.31. The van der Waals surface area contributed by atoms with Gasteiger partial charge in [0.2, 0.25) is 0 Å². The van der Waals surface area contributed by atoms with Crippen LogP contribution in [0.4, 0.5) is 5.69 Å². The second-order valence-electron chi connectivity index (χ2n) is 3.83. The van der Waals surface area contributed by atoms with E-state index in [-0.39, 0.29) is 6.61 Å². The molecule has 4 nitrogen and oxygen atoms in total. The average Bonchev–Trinajstić information content (AvgIpc) is 2.39. The van der Waals surface area contributed by atoms with Crippen molar-refractivity contribution in [3.8, 4) is 6.07 Å². The van der Waals surface area contributed by atoms with Crippen molar-refractivity contribution in [3.63, 3.8) is 0 Å². The van der Waals surface area contributed by atoms with Crippen LogP contribution in [0, 0.1) is 11.3 Å². The van der Waals surface area contributed by atoms with Crippen molar-refractivity contribution in [1.29, 1.82) is 5.26 Å². The molecular weight excluding hydrogens is 296 g/mol. The maximum absolute atomic E-state index is 9.08. The van der Waals surface area contributed by atoms with Crippen LogP contribution in [-0.2, 0) is 11.3 Å².